The Bertz CT molecular complexity index is 603. The van der Waals surface area contributed by atoms with Gasteiger partial charge in [-0.3, -0.25) is 4.79 Å². The molecule has 1 aromatic carbocycles. The number of amides is 1. The fourth-order valence-corrected chi connectivity index (χ4v) is 2.83. The molecule has 23 heavy (non-hydrogen) atoms. The lowest BCUT2D eigenvalue weighted by Gasteiger charge is -2.35. The number of hydrogen-bond donors (Lipinski definition) is 1. The molecule has 1 aliphatic heterocycles. The lowest BCUT2D eigenvalue weighted by atomic mass is 10.1. The molecule has 6 heteroatoms. The van der Waals surface area contributed by atoms with Gasteiger partial charge in [0.05, 0.1) is 32.2 Å². The van der Waals surface area contributed by atoms with E-state index in [0.717, 1.165) is 36.9 Å². The van der Waals surface area contributed by atoms with E-state index in [2.05, 4.69) is 17.0 Å². The number of likely N-dealkylation sites (N-methyl/N-ethyl adjacent to an activating group) is 1. The molecule has 0 bridgehead atoms. The van der Waals surface area contributed by atoms with Crippen LogP contribution >= 0.6 is 11.6 Å². The highest BCUT2D eigenvalue weighted by atomic mass is 35.5. The summed E-state index contributed by atoms with van der Waals surface area (Å²) in [5, 5.41) is 9.88. The average molecular weight is 336 g/mol. The topological polar surface area (TPSA) is 51.8 Å². The van der Waals surface area contributed by atoms with Crippen LogP contribution in [0.3, 0.4) is 0 Å². The van der Waals surface area contributed by atoms with Gasteiger partial charge in [-0.05, 0) is 32.0 Å². The summed E-state index contributed by atoms with van der Waals surface area (Å²) in [6.45, 7) is 7.56. The van der Waals surface area contributed by atoms with Gasteiger partial charge in [-0.15, -0.1) is 0 Å². The summed E-state index contributed by atoms with van der Waals surface area (Å²) in [6, 6.07) is 10.0. The van der Waals surface area contributed by atoms with Gasteiger partial charge in [0, 0.05) is 17.8 Å². The molecule has 1 fully saturated rings. The number of nitrogens with zero attached hydrogens (tertiary/aromatic N) is 3. The first kappa shape index (κ1) is 17.6. The molecule has 1 N–H and O–H groups in total. The van der Waals surface area contributed by atoms with E-state index in [4.69, 9.17) is 16.9 Å². The minimum atomic E-state index is -0.765. The Hall–Kier alpha value is -1.77. The number of anilines is 1. The Balaban J connectivity index is 1.88. The zero-order valence-electron chi connectivity index (χ0n) is 14.0. The highest BCUT2D eigenvalue weighted by Crippen LogP contribution is 2.19. The summed E-state index contributed by atoms with van der Waals surface area (Å²) in [5.74, 6) is 0.0164. The molecule has 124 valence electrons. The first-order valence-corrected chi connectivity index (χ1v) is 8.23. The molecule has 0 unspecified atom stereocenters. The maximum absolute atomic E-state index is 12.3. The van der Waals surface area contributed by atoms with Crippen molar-refractivity contribution < 1.29 is 9.69 Å². The molecule has 0 aromatic heterocycles. The first-order valence-electron chi connectivity index (χ1n) is 7.85. The third-order valence-corrected chi connectivity index (χ3v) is 4.77. The van der Waals surface area contributed by atoms with Crippen LogP contribution in [0.15, 0.2) is 24.3 Å². The van der Waals surface area contributed by atoms with Crippen molar-refractivity contribution in [1.82, 2.24) is 4.90 Å². The van der Waals surface area contributed by atoms with Gasteiger partial charge >= 0.3 is 0 Å². The maximum Gasteiger partial charge on any atom is 0.278 e. The van der Waals surface area contributed by atoms with Gasteiger partial charge in [0.1, 0.15) is 5.54 Å². The second kappa shape index (κ2) is 7.20. The number of nitriles is 1. The van der Waals surface area contributed by atoms with Crippen LogP contribution in [0.25, 0.3) is 0 Å². The normalized spacial score (nSPS) is 16.0. The first-order chi connectivity index (χ1) is 10.8. The minimum Gasteiger partial charge on any atom is -0.360 e. The molecule has 0 aliphatic carbocycles. The fraction of sp³-hybridized carbons (Fsp3) is 0.529. The molecule has 1 saturated heterocycles. The monoisotopic (exact) mass is 335 g/mol. The van der Waals surface area contributed by atoms with E-state index in [1.165, 1.54) is 4.90 Å². The highest BCUT2D eigenvalue weighted by Gasteiger charge is 2.30. The van der Waals surface area contributed by atoms with Crippen LogP contribution in [0.1, 0.15) is 13.8 Å². The molecule has 0 atom stereocenters. The summed E-state index contributed by atoms with van der Waals surface area (Å²) in [4.78, 5) is 17.4. The molecule has 1 aromatic rings. The number of hydrogen-bond acceptors (Lipinski definition) is 3. The van der Waals surface area contributed by atoms with Crippen LogP contribution in [0.5, 0.6) is 0 Å². The third kappa shape index (κ3) is 4.37. The Morgan fingerprint density at radius 2 is 2.09 bits per heavy atom. The SMILES string of the molecule is CN(C(=O)C[NH+]1CCN(c2cccc(Cl)c2)CC1)C(C)(C)C#N. The fourth-order valence-electron chi connectivity index (χ4n) is 2.65. The minimum absolute atomic E-state index is 0.0164. The van der Waals surface area contributed by atoms with Crippen LogP contribution < -0.4 is 9.80 Å². The molecule has 5 nitrogen and oxygen atoms in total. The van der Waals surface area contributed by atoms with Crippen LogP contribution in [0, 0.1) is 11.3 Å². The predicted molar refractivity (Wildman–Crippen MR) is 91.7 cm³/mol. The third-order valence-electron chi connectivity index (χ3n) is 4.53. The van der Waals surface area contributed by atoms with Crippen molar-refractivity contribution in [3.8, 4) is 6.07 Å². The van der Waals surface area contributed by atoms with Gasteiger partial charge < -0.3 is 14.7 Å². The van der Waals surface area contributed by atoms with Gasteiger partial charge in [0.15, 0.2) is 6.54 Å². The van der Waals surface area contributed by atoms with E-state index in [1.807, 2.05) is 18.2 Å². The summed E-state index contributed by atoms with van der Waals surface area (Å²) < 4.78 is 0. The van der Waals surface area contributed by atoms with Crippen molar-refractivity contribution in [2.75, 3.05) is 44.7 Å². The van der Waals surface area contributed by atoms with Gasteiger partial charge in [-0.25, -0.2) is 0 Å². The summed E-state index contributed by atoms with van der Waals surface area (Å²) >= 11 is 6.04. The summed E-state index contributed by atoms with van der Waals surface area (Å²) in [6.07, 6.45) is 0. The molecule has 1 heterocycles. The van der Waals surface area contributed by atoms with Crippen molar-refractivity contribution in [2.24, 2.45) is 0 Å². The average Bonchev–Trinajstić information content (AvgIpc) is 2.54. The Kier molecular flexibility index (Phi) is 5.51. The van der Waals surface area contributed by atoms with E-state index < -0.39 is 5.54 Å². The molecule has 0 saturated carbocycles. The Morgan fingerprint density at radius 3 is 2.65 bits per heavy atom. The molecular formula is C17H24ClN4O+. The van der Waals surface area contributed by atoms with E-state index in [9.17, 15) is 4.79 Å². The van der Waals surface area contributed by atoms with Crippen LogP contribution in [-0.2, 0) is 4.79 Å². The lowest BCUT2D eigenvalue weighted by molar-refractivity contribution is -0.892. The predicted octanol–water partition coefficient (Wildman–Crippen LogP) is 0.805. The van der Waals surface area contributed by atoms with Crippen molar-refractivity contribution in [2.45, 2.75) is 19.4 Å². The second-order valence-electron chi connectivity index (χ2n) is 6.52. The largest absolute Gasteiger partial charge is 0.360 e. The summed E-state index contributed by atoms with van der Waals surface area (Å²) in [5.41, 5.74) is 0.365. The van der Waals surface area contributed by atoms with Crippen molar-refractivity contribution in [3.63, 3.8) is 0 Å². The van der Waals surface area contributed by atoms with E-state index >= 15 is 0 Å². The number of halogens is 1. The Labute approximate surface area is 143 Å². The van der Waals surface area contributed by atoms with Crippen LogP contribution in [-0.4, -0.2) is 56.1 Å². The zero-order valence-corrected chi connectivity index (χ0v) is 14.7. The molecule has 1 aliphatic rings. The van der Waals surface area contributed by atoms with Crippen molar-refractivity contribution >= 4 is 23.2 Å². The quantitative estimate of drug-likeness (QED) is 0.885. The van der Waals surface area contributed by atoms with Crippen LogP contribution in [0.4, 0.5) is 5.69 Å². The number of rotatable bonds is 4. The number of carbonyl (C=O) groups is 1. The molecule has 1 amide bonds. The molecule has 0 spiro atoms. The lowest BCUT2D eigenvalue weighted by Crippen LogP contribution is -3.16. The van der Waals surface area contributed by atoms with Crippen molar-refractivity contribution in [1.29, 1.82) is 5.26 Å². The number of quaternary nitrogens is 1. The number of carbonyl (C=O) groups excluding carboxylic acids is 1. The van der Waals surface area contributed by atoms with Crippen LogP contribution in [0.2, 0.25) is 5.02 Å². The van der Waals surface area contributed by atoms with Gasteiger partial charge in [0.2, 0.25) is 0 Å². The summed E-state index contributed by atoms with van der Waals surface area (Å²) in [7, 11) is 1.70. The number of nitrogens with one attached hydrogen (secondary N) is 1. The smallest absolute Gasteiger partial charge is 0.278 e. The van der Waals surface area contributed by atoms with E-state index in [1.54, 1.807) is 25.8 Å². The molecular weight excluding hydrogens is 312 g/mol. The van der Waals surface area contributed by atoms with E-state index in [0.29, 0.717) is 6.54 Å². The molecule has 0 radical (unpaired) electrons. The van der Waals surface area contributed by atoms with Gasteiger partial charge in [0.25, 0.3) is 5.91 Å². The van der Waals surface area contributed by atoms with Gasteiger partial charge in [-0.1, -0.05) is 17.7 Å². The highest BCUT2D eigenvalue weighted by molar-refractivity contribution is 6.30. The number of piperazine rings is 1. The number of benzene rings is 1. The van der Waals surface area contributed by atoms with E-state index in [-0.39, 0.29) is 5.91 Å². The second-order valence-corrected chi connectivity index (χ2v) is 6.95. The van der Waals surface area contributed by atoms with Gasteiger partial charge in [-0.2, -0.15) is 5.26 Å². The standard InChI is InChI=1S/C17H23ClN4O/c1-17(2,13-19)20(3)16(23)12-21-7-9-22(10-8-21)15-6-4-5-14(18)11-15/h4-6,11H,7-10,12H2,1-3H3/p+1. The Morgan fingerprint density at radius 1 is 1.43 bits per heavy atom. The zero-order chi connectivity index (χ0) is 17.0. The maximum atomic E-state index is 12.3. The van der Waals surface area contributed by atoms with Crippen molar-refractivity contribution in [3.05, 3.63) is 29.3 Å². The molecule has 2 rings (SSSR count).